The van der Waals surface area contributed by atoms with E-state index >= 15 is 0 Å². The summed E-state index contributed by atoms with van der Waals surface area (Å²) >= 11 is 9.17. The summed E-state index contributed by atoms with van der Waals surface area (Å²) in [6.07, 6.45) is -5.19. The lowest BCUT2D eigenvalue weighted by molar-refractivity contribution is -0.227. The van der Waals surface area contributed by atoms with Crippen molar-refractivity contribution in [3.05, 3.63) is 33.3 Å². The van der Waals surface area contributed by atoms with E-state index in [4.69, 9.17) is 16.7 Å². The van der Waals surface area contributed by atoms with Crippen molar-refractivity contribution < 1.29 is 23.1 Å². The lowest BCUT2D eigenvalue weighted by Gasteiger charge is -2.27. The van der Waals surface area contributed by atoms with Crippen molar-refractivity contribution in [3.63, 3.8) is 0 Å². The SMILES string of the molecule is O=C(O)C1(C(F)(F)F)CCN(Cc2ccc(Br)c(Cl)c2)C1. The predicted octanol–water partition coefficient (Wildman–Crippen LogP) is 3.94. The molecule has 1 N–H and O–H groups in total. The van der Waals surface area contributed by atoms with Crippen LogP contribution in [0.15, 0.2) is 22.7 Å². The Morgan fingerprint density at radius 3 is 2.62 bits per heavy atom. The van der Waals surface area contributed by atoms with E-state index in [2.05, 4.69) is 15.9 Å². The second-order valence-corrected chi connectivity index (χ2v) is 6.36. The number of benzene rings is 1. The number of carbonyl (C=O) groups is 1. The molecule has 21 heavy (non-hydrogen) atoms. The van der Waals surface area contributed by atoms with Crippen LogP contribution in [0.3, 0.4) is 0 Å². The van der Waals surface area contributed by atoms with Crippen molar-refractivity contribution in [2.45, 2.75) is 19.1 Å². The molecule has 0 saturated carbocycles. The summed E-state index contributed by atoms with van der Waals surface area (Å²) in [5.74, 6) is -1.81. The third kappa shape index (κ3) is 3.19. The maximum absolute atomic E-state index is 13.1. The Morgan fingerprint density at radius 2 is 2.14 bits per heavy atom. The third-order valence-corrected chi connectivity index (χ3v) is 4.92. The molecular formula is C13H12BrClF3NO2. The van der Waals surface area contributed by atoms with Gasteiger partial charge in [0.2, 0.25) is 0 Å². The topological polar surface area (TPSA) is 40.5 Å². The number of carboxylic acid groups (broad SMARTS) is 1. The van der Waals surface area contributed by atoms with Crippen molar-refractivity contribution in [3.8, 4) is 0 Å². The standard InChI is InChI=1S/C13H12BrClF3NO2/c14-9-2-1-8(5-10(9)15)6-19-4-3-12(7-19,11(20)21)13(16,17)18/h1-2,5H,3-4,6-7H2,(H,20,21). The van der Waals surface area contributed by atoms with Gasteiger partial charge in [0.25, 0.3) is 0 Å². The summed E-state index contributed by atoms with van der Waals surface area (Å²) in [6, 6.07) is 5.10. The first-order chi connectivity index (χ1) is 9.65. The first kappa shape index (κ1) is 16.6. The highest BCUT2D eigenvalue weighted by atomic mass is 79.9. The van der Waals surface area contributed by atoms with Crippen LogP contribution in [0.2, 0.25) is 5.02 Å². The smallest absolute Gasteiger partial charge is 0.406 e. The van der Waals surface area contributed by atoms with Crippen molar-refractivity contribution in [2.75, 3.05) is 13.1 Å². The molecule has 3 nitrogen and oxygen atoms in total. The lowest BCUT2D eigenvalue weighted by atomic mass is 9.86. The average molecular weight is 387 g/mol. The van der Waals surface area contributed by atoms with Crippen LogP contribution >= 0.6 is 27.5 Å². The minimum Gasteiger partial charge on any atom is -0.481 e. The van der Waals surface area contributed by atoms with Crippen LogP contribution in [0.5, 0.6) is 0 Å². The zero-order chi connectivity index (χ0) is 15.8. The summed E-state index contributed by atoms with van der Waals surface area (Å²) in [6.45, 7) is -0.225. The number of halogens is 5. The molecule has 1 atom stereocenters. The molecule has 1 unspecified atom stereocenters. The van der Waals surface area contributed by atoms with Crippen LogP contribution in [-0.2, 0) is 11.3 Å². The fourth-order valence-corrected chi connectivity index (χ4v) is 2.90. The van der Waals surface area contributed by atoms with E-state index in [-0.39, 0.29) is 13.1 Å². The summed E-state index contributed by atoms with van der Waals surface area (Å²) in [7, 11) is 0. The van der Waals surface area contributed by atoms with Crippen LogP contribution in [0, 0.1) is 5.41 Å². The number of likely N-dealkylation sites (tertiary alicyclic amines) is 1. The largest absolute Gasteiger partial charge is 0.481 e. The van der Waals surface area contributed by atoms with Crippen molar-refractivity contribution in [2.24, 2.45) is 5.41 Å². The van der Waals surface area contributed by atoms with Gasteiger partial charge in [0.15, 0.2) is 5.41 Å². The molecule has 1 fully saturated rings. The van der Waals surface area contributed by atoms with Gasteiger partial charge in [-0.2, -0.15) is 13.2 Å². The van der Waals surface area contributed by atoms with Gasteiger partial charge >= 0.3 is 12.1 Å². The van der Waals surface area contributed by atoms with Gasteiger partial charge in [-0.3, -0.25) is 9.69 Å². The zero-order valence-corrected chi connectivity index (χ0v) is 13.1. The predicted molar refractivity (Wildman–Crippen MR) is 75.2 cm³/mol. The molecule has 1 aromatic carbocycles. The average Bonchev–Trinajstić information content (AvgIpc) is 2.79. The van der Waals surface area contributed by atoms with Crippen molar-refractivity contribution in [1.82, 2.24) is 4.90 Å². The molecule has 2 rings (SSSR count). The van der Waals surface area contributed by atoms with Gasteiger partial charge in [-0.15, -0.1) is 0 Å². The number of hydrogen-bond acceptors (Lipinski definition) is 2. The molecule has 1 aromatic rings. The molecule has 1 saturated heterocycles. The van der Waals surface area contributed by atoms with Crippen LogP contribution in [0.4, 0.5) is 13.2 Å². The van der Waals surface area contributed by atoms with Crippen LogP contribution in [0.25, 0.3) is 0 Å². The molecule has 0 radical (unpaired) electrons. The Labute approximate surface area is 132 Å². The Balaban J connectivity index is 2.14. The highest BCUT2D eigenvalue weighted by Gasteiger charge is 2.63. The molecule has 1 aliphatic heterocycles. The van der Waals surface area contributed by atoms with Gasteiger partial charge < -0.3 is 5.11 Å². The van der Waals surface area contributed by atoms with Gasteiger partial charge in [-0.05, 0) is 40.0 Å². The maximum atomic E-state index is 13.1. The fourth-order valence-electron chi connectivity index (χ4n) is 2.45. The molecule has 0 aliphatic carbocycles. The zero-order valence-electron chi connectivity index (χ0n) is 10.8. The second kappa shape index (κ2) is 5.78. The second-order valence-electron chi connectivity index (χ2n) is 5.09. The molecule has 8 heteroatoms. The summed E-state index contributed by atoms with van der Waals surface area (Å²) in [4.78, 5) is 12.6. The third-order valence-electron chi connectivity index (χ3n) is 3.69. The Hall–Kier alpha value is -0.790. The first-order valence-corrected chi connectivity index (χ1v) is 7.29. The Morgan fingerprint density at radius 1 is 1.48 bits per heavy atom. The fraction of sp³-hybridized carbons (Fsp3) is 0.462. The molecule has 0 aromatic heterocycles. The molecule has 0 bridgehead atoms. The van der Waals surface area contributed by atoms with E-state index in [9.17, 15) is 18.0 Å². The van der Waals surface area contributed by atoms with Gasteiger partial charge in [0.1, 0.15) is 0 Å². The molecule has 0 amide bonds. The highest BCUT2D eigenvalue weighted by molar-refractivity contribution is 9.10. The summed E-state index contributed by atoms with van der Waals surface area (Å²) in [5, 5.41) is 9.45. The normalized spacial score (nSPS) is 23.5. The minimum absolute atomic E-state index is 0.0828. The van der Waals surface area contributed by atoms with Crippen molar-refractivity contribution >= 4 is 33.5 Å². The Kier molecular flexibility index (Phi) is 4.56. The number of carboxylic acids is 1. The number of hydrogen-bond donors (Lipinski definition) is 1. The molecule has 1 heterocycles. The first-order valence-electron chi connectivity index (χ1n) is 6.12. The molecule has 116 valence electrons. The number of alkyl halides is 3. The van der Waals surface area contributed by atoms with E-state index in [1.165, 1.54) is 4.90 Å². The Bertz CT molecular complexity index is 567. The van der Waals surface area contributed by atoms with E-state index < -0.39 is 30.5 Å². The van der Waals surface area contributed by atoms with E-state index in [1.54, 1.807) is 18.2 Å². The maximum Gasteiger partial charge on any atom is 0.406 e. The van der Waals surface area contributed by atoms with Gasteiger partial charge in [0, 0.05) is 24.1 Å². The number of nitrogens with zero attached hydrogens (tertiary/aromatic N) is 1. The quantitative estimate of drug-likeness (QED) is 0.855. The van der Waals surface area contributed by atoms with E-state index in [1.807, 2.05) is 0 Å². The summed E-state index contributed by atoms with van der Waals surface area (Å²) < 4.78 is 39.9. The monoisotopic (exact) mass is 385 g/mol. The lowest BCUT2D eigenvalue weighted by Crippen LogP contribution is -2.47. The van der Waals surface area contributed by atoms with E-state index in [0.29, 0.717) is 9.50 Å². The van der Waals surface area contributed by atoms with Crippen molar-refractivity contribution in [1.29, 1.82) is 0 Å². The van der Waals surface area contributed by atoms with Crippen LogP contribution < -0.4 is 0 Å². The summed E-state index contributed by atoms with van der Waals surface area (Å²) in [5.41, 5.74) is -1.93. The molecule has 0 spiro atoms. The van der Waals surface area contributed by atoms with Crippen LogP contribution in [0.1, 0.15) is 12.0 Å². The molecule has 1 aliphatic rings. The van der Waals surface area contributed by atoms with Gasteiger partial charge in [-0.25, -0.2) is 0 Å². The van der Waals surface area contributed by atoms with Gasteiger partial charge in [-0.1, -0.05) is 17.7 Å². The number of aliphatic carboxylic acids is 1. The minimum atomic E-state index is -4.76. The van der Waals surface area contributed by atoms with Gasteiger partial charge in [0.05, 0.1) is 5.02 Å². The number of rotatable bonds is 3. The highest BCUT2D eigenvalue weighted by Crippen LogP contribution is 2.46. The van der Waals surface area contributed by atoms with Crippen LogP contribution in [-0.4, -0.2) is 35.2 Å². The van der Waals surface area contributed by atoms with E-state index in [0.717, 1.165) is 5.56 Å². The molecular weight excluding hydrogens is 374 g/mol.